The molecule has 0 amide bonds. The average molecular weight is 222 g/mol. The third kappa shape index (κ3) is 2.81. The number of hydrogen-bond donors (Lipinski definition) is 0. The van der Waals surface area contributed by atoms with Crippen LogP contribution in [0.15, 0.2) is 6.07 Å². The van der Waals surface area contributed by atoms with Crippen molar-refractivity contribution >= 4 is 23.2 Å². The fourth-order valence-electron chi connectivity index (χ4n) is 0.867. The minimum absolute atomic E-state index is 0.310. The Labute approximate surface area is 86.5 Å². The van der Waals surface area contributed by atoms with Gasteiger partial charge in [-0.1, -0.05) is 23.2 Å². The van der Waals surface area contributed by atoms with Gasteiger partial charge in [0.25, 0.3) is 0 Å². The number of rotatable bonds is 3. The molecule has 5 heteroatoms. The van der Waals surface area contributed by atoms with Crippen LogP contribution in [-0.4, -0.2) is 12.1 Å². The Kier molecular flexibility index (Phi) is 3.93. The molecule has 0 fully saturated rings. The summed E-state index contributed by atoms with van der Waals surface area (Å²) < 4.78 is 0. The van der Waals surface area contributed by atoms with Crippen molar-refractivity contribution in [2.45, 2.75) is 13.5 Å². The zero-order valence-corrected chi connectivity index (χ0v) is 8.82. The lowest BCUT2D eigenvalue weighted by atomic mass is 10.2. The standard InChI is InChI=1S/C8H9Cl2NO2/c1-5-6(4-13-12-2)3-7(9)11-8(5)10/h3H,4H2,1-2H3. The average Bonchev–Trinajstić information content (AvgIpc) is 2.09. The summed E-state index contributed by atoms with van der Waals surface area (Å²) in [7, 11) is 1.44. The van der Waals surface area contributed by atoms with E-state index in [4.69, 9.17) is 28.1 Å². The van der Waals surface area contributed by atoms with Crippen LogP contribution in [-0.2, 0) is 16.4 Å². The topological polar surface area (TPSA) is 31.4 Å². The molecule has 0 aliphatic heterocycles. The Morgan fingerprint density at radius 2 is 2.15 bits per heavy atom. The van der Waals surface area contributed by atoms with Gasteiger partial charge < -0.3 is 0 Å². The van der Waals surface area contributed by atoms with E-state index in [1.54, 1.807) is 6.07 Å². The van der Waals surface area contributed by atoms with Crippen LogP contribution < -0.4 is 0 Å². The molecule has 0 aliphatic rings. The van der Waals surface area contributed by atoms with E-state index in [9.17, 15) is 0 Å². The highest BCUT2D eigenvalue weighted by molar-refractivity contribution is 6.33. The zero-order chi connectivity index (χ0) is 9.84. The lowest BCUT2D eigenvalue weighted by molar-refractivity contribution is -0.282. The van der Waals surface area contributed by atoms with Crippen LogP contribution in [0, 0.1) is 6.92 Å². The van der Waals surface area contributed by atoms with E-state index in [1.165, 1.54) is 7.11 Å². The summed E-state index contributed by atoms with van der Waals surface area (Å²) in [6, 6.07) is 1.70. The van der Waals surface area contributed by atoms with Gasteiger partial charge in [0.1, 0.15) is 16.9 Å². The minimum atomic E-state index is 0.310. The molecule has 3 nitrogen and oxygen atoms in total. The van der Waals surface area contributed by atoms with Crippen LogP contribution in [0.25, 0.3) is 0 Å². The monoisotopic (exact) mass is 221 g/mol. The summed E-state index contributed by atoms with van der Waals surface area (Å²) in [5.74, 6) is 0. The second kappa shape index (κ2) is 4.77. The van der Waals surface area contributed by atoms with Gasteiger partial charge in [-0.15, -0.1) is 0 Å². The molecule has 0 radical (unpaired) electrons. The van der Waals surface area contributed by atoms with Crippen LogP contribution in [0.2, 0.25) is 10.3 Å². The van der Waals surface area contributed by atoms with E-state index < -0.39 is 0 Å². The quantitative estimate of drug-likeness (QED) is 0.447. The molecule has 0 N–H and O–H groups in total. The van der Waals surface area contributed by atoms with Crippen LogP contribution in [0.3, 0.4) is 0 Å². The van der Waals surface area contributed by atoms with E-state index in [2.05, 4.69) is 9.87 Å². The molecule has 1 rings (SSSR count). The maximum atomic E-state index is 5.81. The number of aromatic nitrogens is 1. The summed E-state index contributed by atoms with van der Waals surface area (Å²) in [5, 5.41) is 0.743. The van der Waals surface area contributed by atoms with Crippen molar-refractivity contribution in [2.24, 2.45) is 0 Å². The molecular weight excluding hydrogens is 213 g/mol. The number of pyridine rings is 1. The molecule has 0 saturated carbocycles. The van der Waals surface area contributed by atoms with Gasteiger partial charge in [-0.2, -0.15) is 0 Å². The summed E-state index contributed by atoms with van der Waals surface area (Å²) in [5.41, 5.74) is 1.72. The van der Waals surface area contributed by atoms with Gasteiger partial charge in [-0.05, 0) is 24.1 Å². The fraction of sp³-hybridized carbons (Fsp3) is 0.375. The Hall–Kier alpha value is -0.350. The van der Waals surface area contributed by atoms with Crippen LogP contribution >= 0.6 is 23.2 Å². The van der Waals surface area contributed by atoms with Gasteiger partial charge in [0.05, 0.1) is 7.11 Å². The summed E-state index contributed by atoms with van der Waals surface area (Å²) in [4.78, 5) is 13.1. The van der Waals surface area contributed by atoms with Crippen LogP contribution in [0.1, 0.15) is 11.1 Å². The van der Waals surface area contributed by atoms with Gasteiger partial charge in [-0.25, -0.2) is 14.8 Å². The van der Waals surface area contributed by atoms with Crippen LogP contribution in [0.4, 0.5) is 0 Å². The molecule has 1 aromatic heterocycles. The maximum absolute atomic E-state index is 5.81. The Morgan fingerprint density at radius 1 is 1.46 bits per heavy atom. The summed E-state index contributed by atoms with van der Waals surface area (Å²) in [6.45, 7) is 2.16. The van der Waals surface area contributed by atoms with Crippen molar-refractivity contribution in [2.75, 3.05) is 7.11 Å². The van der Waals surface area contributed by atoms with Gasteiger partial charge >= 0.3 is 0 Å². The first-order valence-electron chi connectivity index (χ1n) is 3.62. The molecular formula is C8H9Cl2NO2. The molecule has 13 heavy (non-hydrogen) atoms. The molecule has 0 saturated heterocycles. The van der Waals surface area contributed by atoms with Crippen molar-refractivity contribution < 1.29 is 9.78 Å². The van der Waals surface area contributed by atoms with E-state index in [1.807, 2.05) is 6.92 Å². The summed E-state index contributed by atoms with van der Waals surface area (Å²) >= 11 is 11.5. The molecule has 0 unspecified atom stereocenters. The fourth-order valence-corrected chi connectivity index (χ4v) is 1.34. The van der Waals surface area contributed by atoms with Gasteiger partial charge in [0.15, 0.2) is 0 Å². The minimum Gasteiger partial charge on any atom is -0.240 e. The van der Waals surface area contributed by atoms with Gasteiger partial charge in [0.2, 0.25) is 0 Å². The SMILES string of the molecule is COOCc1cc(Cl)nc(Cl)c1C. The first-order valence-corrected chi connectivity index (χ1v) is 4.38. The van der Waals surface area contributed by atoms with Crippen molar-refractivity contribution in [1.82, 2.24) is 4.98 Å². The first-order chi connectivity index (χ1) is 6.15. The molecule has 1 aromatic rings. The smallest absolute Gasteiger partial charge is 0.134 e. The van der Waals surface area contributed by atoms with Crippen molar-refractivity contribution in [3.63, 3.8) is 0 Å². The molecule has 0 bridgehead atoms. The second-order valence-corrected chi connectivity index (χ2v) is 3.19. The Balaban J connectivity index is 2.92. The largest absolute Gasteiger partial charge is 0.240 e. The van der Waals surface area contributed by atoms with Crippen molar-refractivity contribution in [3.05, 3.63) is 27.5 Å². The molecule has 0 atom stereocenters. The van der Waals surface area contributed by atoms with Crippen LogP contribution in [0.5, 0.6) is 0 Å². The highest BCUT2D eigenvalue weighted by Gasteiger charge is 2.06. The highest BCUT2D eigenvalue weighted by atomic mass is 35.5. The van der Waals surface area contributed by atoms with E-state index in [-0.39, 0.29) is 0 Å². The number of halogens is 2. The first kappa shape index (κ1) is 10.7. The molecule has 0 spiro atoms. The third-order valence-corrected chi connectivity index (χ3v) is 2.18. The van der Waals surface area contributed by atoms with E-state index >= 15 is 0 Å². The van der Waals surface area contributed by atoms with Gasteiger partial charge in [-0.3, -0.25) is 0 Å². The van der Waals surface area contributed by atoms with E-state index in [0.29, 0.717) is 16.9 Å². The molecule has 72 valence electrons. The zero-order valence-electron chi connectivity index (χ0n) is 7.30. The lowest BCUT2D eigenvalue weighted by Crippen LogP contribution is -1.96. The normalized spacial score (nSPS) is 10.5. The highest BCUT2D eigenvalue weighted by Crippen LogP contribution is 2.21. The summed E-state index contributed by atoms with van der Waals surface area (Å²) in [6.07, 6.45) is 0. The predicted octanol–water partition coefficient (Wildman–Crippen LogP) is 2.77. The van der Waals surface area contributed by atoms with Crippen molar-refractivity contribution in [1.29, 1.82) is 0 Å². The Bertz CT molecular complexity index is 304. The lowest BCUT2D eigenvalue weighted by Gasteiger charge is -2.06. The maximum Gasteiger partial charge on any atom is 0.134 e. The van der Waals surface area contributed by atoms with Crippen molar-refractivity contribution in [3.8, 4) is 0 Å². The predicted molar refractivity (Wildman–Crippen MR) is 50.8 cm³/mol. The second-order valence-electron chi connectivity index (χ2n) is 2.45. The molecule has 0 aromatic carbocycles. The Morgan fingerprint density at radius 3 is 2.77 bits per heavy atom. The molecule has 1 heterocycles. The third-order valence-electron chi connectivity index (χ3n) is 1.62. The van der Waals surface area contributed by atoms with E-state index in [0.717, 1.165) is 11.1 Å². The number of hydrogen-bond acceptors (Lipinski definition) is 3. The van der Waals surface area contributed by atoms with Gasteiger partial charge in [0, 0.05) is 0 Å². The number of nitrogens with zero attached hydrogens (tertiary/aromatic N) is 1. The molecule has 0 aliphatic carbocycles.